The third-order valence-electron chi connectivity index (χ3n) is 4.24. The first-order chi connectivity index (χ1) is 14.7. The Balaban J connectivity index is 1.59. The topological polar surface area (TPSA) is 70.6 Å². The number of benzene rings is 3. The third-order valence-corrected chi connectivity index (χ3v) is 4.24. The summed E-state index contributed by atoms with van der Waals surface area (Å²) in [6.07, 6.45) is 3.92. The minimum Gasteiger partial charge on any atom is -0.326 e. The Morgan fingerprint density at radius 1 is 0.733 bits per heavy atom. The number of nitrogens with one attached hydrogen (secondary N) is 2. The second-order valence-electron chi connectivity index (χ2n) is 6.56. The van der Waals surface area contributed by atoms with Crippen LogP contribution in [0.1, 0.15) is 24.0 Å². The molecule has 150 valence electrons. The quantitative estimate of drug-likeness (QED) is 0.429. The van der Waals surface area contributed by atoms with Crippen LogP contribution in [0.4, 0.5) is 5.69 Å². The lowest BCUT2D eigenvalue weighted by atomic mass is 10.1. The number of carbonyl (C=O) groups excluding carboxylic acids is 2. The van der Waals surface area contributed by atoms with Crippen molar-refractivity contribution in [3.05, 3.63) is 108 Å². The van der Waals surface area contributed by atoms with E-state index in [4.69, 9.17) is 0 Å². The van der Waals surface area contributed by atoms with Gasteiger partial charge >= 0.3 is 0 Å². The van der Waals surface area contributed by atoms with Crippen molar-refractivity contribution < 1.29 is 9.59 Å². The zero-order valence-corrected chi connectivity index (χ0v) is 16.5. The van der Waals surface area contributed by atoms with Gasteiger partial charge in [0.1, 0.15) is 0 Å². The SMILES string of the molecule is O=C(CCC(=O)Nc1ccccc1)N/N=C(/C=C/c1ccccc1)c1ccccc1. The summed E-state index contributed by atoms with van der Waals surface area (Å²) in [5.41, 5.74) is 5.80. The van der Waals surface area contributed by atoms with Gasteiger partial charge < -0.3 is 5.32 Å². The van der Waals surface area contributed by atoms with E-state index >= 15 is 0 Å². The van der Waals surface area contributed by atoms with Gasteiger partial charge in [0, 0.05) is 24.1 Å². The molecule has 5 heteroatoms. The average Bonchev–Trinajstić information content (AvgIpc) is 2.79. The molecule has 0 aliphatic carbocycles. The second kappa shape index (κ2) is 11.1. The molecule has 0 radical (unpaired) electrons. The molecule has 3 aromatic rings. The number of allylic oxidation sites excluding steroid dienone is 1. The van der Waals surface area contributed by atoms with Crippen molar-refractivity contribution in [3.63, 3.8) is 0 Å². The number of hydrazone groups is 1. The van der Waals surface area contributed by atoms with E-state index in [1.807, 2.05) is 91.0 Å². The van der Waals surface area contributed by atoms with E-state index in [-0.39, 0.29) is 24.7 Å². The lowest BCUT2D eigenvalue weighted by molar-refractivity contribution is -0.124. The van der Waals surface area contributed by atoms with Crippen LogP contribution in [0.2, 0.25) is 0 Å². The molecule has 0 aromatic heterocycles. The minimum absolute atomic E-state index is 0.0483. The average molecular weight is 397 g/mol. The molecule has 2 N–H and O–H groups in total. The molecule has 0 aliphatic heterocycles. The molecule has 30 heavy (non-hydrogen) atoms. The predicted octanol–water partition coefficient (Wildman–Crippen LogP) is 4.64. The van der Waals surface area contributed by atoms with E-state index in [0.717, 1.165) is 11.1 Å². The number of anilines is 1. The van der Waals surface area contributed by atoms with Gasteiger partial charge in [0.05, 0.1) is 5.71 Å². The van der Waals surface area contributed by atoms with E-state index in [1.54, 1.807) is 12.1 Å². The van der Waals surface area contributed by atoms with Crippen LogP contribution in [0.15, 0.2) is 102 Å². The molecule has 0 aliphatic rings. The Bertz CT molecular complexity index is 1010. The van der Waals surface area contributed by atoms with E-state index in [1.165, 1.54) is 0 Å². The lowest BCUT2D eigenvalue weighted by Crippen LogP contribution is -2.22. The summed E-state index contributed by atoms with van der Waals surface area (Å²) in [5, 5.41) is 7.03. The summed E-state index contributed by atoms with van der Waals surface area (Å²) in [6.45, 7) is 0. The van der Waals surface area contributed by atoms with Gasteiger partial charge in [-0.1, -0.05) is 84.9 Å². The molecule has 0 fully saturated rings. The number of hydrogen-bond acceptors (Lipinski definition) is 3. The molecular formula is C25H23N3O2. The highest BCUT2D eigenvalue weighted by atomic mass is 16.2. The van der Waals surface area contributed by atoms with Crippen LogP contribution < -0.4 is 10.7 Å². The van der Waals surface area contributed by atoms with E-state index < -0.39 is 0 Å². The molecule has 2 amide bonds. The van der Waals surface area contributed by atoms with Crippen LogP contribution in [0.3, 0.4) is 0 Å². The number of nitrogens with zero attached hydrogens (tertiary/aromatic N) is 1. The van der Waals surface area contributed by atoms with Gasteiger partial charge in [0.2, 0.25) is 11.8 Å². The zero-order chi connectivity index (χ0) is 21.0. The summed E-state index contributed by atoms with van der Waals surface area (Å²) >= 11 is 0. The molecule has 0 saturated carbocycles. The zero-order valence-electron chi connectivity index (χ0n) is 16.5. The van der Waals surface area contributed by atoms with Crippen LogP contribution in [-0.2, 0) is 9.59 Å². The molecule has 3 rings (SSSR count). The highest BCUT2D eigenvalue weighted by Crippen LogP contribution is 2.08. The first-order valence-electron chi connectivity index (χ1n) is 9.71. The fourth-order valence-corrected chi connectivity index (χ4v) is 2.70. The summed E-state index contributed by atoms with van der Waals surface area (Å²) < 4.78 is 0. The van der Waals surface area contributed by atoms with Crippen molar-refractivity contribution in [1.82, 2.24) is 5.43 Å². The molecule has 5 nitrogen and oxygen atoms in total. The molecule has 0 bridgehead atoms. The van der Waals surface area contributed by atoms with Crippen molar-refractivity contribution in [3.8, 4) is 0 Å². The summed E-state index contributed by atoms with van der Waals surface area (Å²) in [4.78, 5) is 24.2. The van der Waals surface area contributed by atoms with Crippen molar-refractivity contribution in [1.29, 1.82) is 0 Å². The molecule has 0 atom stereocenters. The molecule has 0 spiro atoms. The number of rotatable bonds is 8. The van der Waals surface area contributed by atoms with Crippen LogP contribution in [-0.4, -0.2) is 17.5 Å². The van der Waals surface area contributed by atoms with Gasteiger partial charge in [-0.05, 0) is 23.8 Å². The van der Waals surface area contributed by atoms with Crippen LogP contribution in [0.5, 0.6) is 0 Å². The Hall–Kier alpha value is -3.99. The number of hydrogen-bond donors (Lipinski definition) is 2. The maximum atomic E-state index is 12.2. The molecule has 0 saturated heterocycles. The van der Waals surface area contributed by atoms with Crippen molar-refractivity contribution in [2.24, 2.45) is 5.10 Å². The molecule has 3 aromatic carbocycles. The van der Waals surface area contributed by atoms with Gasteiger partial charge in [-0.3, -0.25) is 9.59 Å². The molecule has 0 unspecified atom stereocenters. The number of carbonyl (C=O) groups is 2. The van der Waals surface area contributed by atoms with Gasteiger partial charge in [0.15, 0.2) is 0 Å². The lowest BCUT2D eigenvalue weighted by Gasteiger charge is -2.06. The first kappa shape index (κ1) is 20.7. The normalized spacial score (nSPS) is 11.3. The fourth-order valence-electron chi connectivity index (χ4n) is 2.70. The summed E-state index contributed by atoms with van der Waals surface area (Å²) in [6, 6.07) is 28.6. The Morgan fingerprint density at radius 2 is 1.30 bits per heavy atom. The number of para-hydroxylation sites is 1. The largest absolute Gasteiger partial charge is 0.326 e. The second-order valence-corrected chi connectivity index (χ2v) is 6.56. The van der Waals surface area contributed by atoms with Crippen molar-refractivity contribution in [2.45, 2.75) is 12.8 Å². The highest BCUT2D eigenvalue weighted by Gasteiger charge is 2.07. The Kier molecular flexibility index (Phi) is 7.69. The molecular weight excluding hydrogens is 374 g/mol. The maximum Gasteiger partial charge on any atom is 0.240 e. The van der Waals surface area contributed by atoms with Gasteiger partial charge in [-0.25, -0.2) is 5.43 Å². The predicted molar refractivity (Wildman–Crippen MR) is 121 cm³/mol. The monoisotopic (exact) mass is 397 g/mol. The van der Waals surface area contributed by atoms with Crippen LogP contribution in [0.25, 0.3) is 6.08 Å². The number of amides is 2. The molecule has 0 heterocycles. The van der Waals surface area contributed by atoms with E-state index in [2.05, 4.69) is 15.8 Å². The maximum absolute atomic E-state index is 12.2. The summed E-state index contributed by atoms with van der Waals surface area (Å²) in [5.74, 6) is -0.535. The Labute approximate surface area is 176 Å². The smallest absolute Gasteiger partial charge is 0.240 e. The van der Waals surface area contributed by atoms with Crippen molar-refractivity contribution >= 4 is 29.3 Å². The van der Waals surface area contributed by atoms with Gasteiger partial charge in [-0.15, -0.1) is 0 Å². The minimum atomic E-state index is -0.320. The van der Waals surface area contributed by atoms with E-state index in [9.17, 15) is 9.59 Å². The van der Waals surface area contributed by atoms with Crippen molar-refractivity contribution in [2.75, 3.05) is 5.32 Å². The van der Waals surface area contributed by atoms with Gasteiger partial charge in [-0.2, -0.15) is 5.10 Å². The van der Waals surface area contributed by atoms with E-state index in [0.29, 0.717) is 11.4 Å². The Morgan fingerprint density at radius 3 is 1.97 bits per heavy atom. The van der Waals surface area contributed by atoms with Crippen LogP contribution >= 0.6 is 0 Å². The third kappa shape index (κ3) is 6.87. The van der Waals surface area contributed by atoms with Gasteiger partial charge in [0.25, 0.3) is 0 Å². The van der Waals surface area contributed by atoms with Crippen LogP contribution in [0, 0.1) is 0 Å². The summed E-state index contributed by atoms with van der Waals surface area (Å²) in [7, 11) is 0. The highest BCUT2D eigenvalue weighted by molar-refractivity contribution is 6.11. The fraction of sp³-hybridized carbons (Fsp3) is 0.0800. The standard InChI is InChI=1S/C25H23N3O2/c29-24(26-22-14-8-3-9-15-22)18-19-25(30)28-27-23(21-12-6-2-7-13-21)17-16-20-10-4-1-5-11-20/h1-17H,18-19H2,(H,26,29)(H,28,30)/b17-16+,27-23-. The first-order valence-corrected chi connectivity index (χ1v) is 9.71.